The average Bonchev–Trinajstić information content (AvgIpc) is 2.82. The van der Waals surface area contributed by atoms with E-state index in [1.165, 1.54) is 0 Å². The van der Waals surface area contributed by atoms with Gasteiger partial charge in [-0.05, 0) is 39.5 Å². The molecule has 0 aliphatic rings. The second kappa shape index (κ2) is 5.84. The van der Waals surface area contributed by atoms with Gasteiger partial charge in [0.15, 0.2) is 0 Å². The number of urea groups is 1. The zero-order valence-corrected chi connectivity index (χ0v) is 11.3. The van der Waals surface area contributed by atoms with Crippen molar-refractivity contribution < 1.29 is 4.79 Å². The van der Waals surface area contributed by atoms with Gasteiger partial charge in [0.25, 0.3) is 0 Å². The summed E-state index contributed by atoms with van der Waals surface area (Å²) in [6.45, 7) is 0.550. The number of hydrogen-bond acceptors (Lipinski definition) is 2. The Morgan fingerprint density at radius 1 is 1.24 bits per heavy atom. The molecule has 0 fully saturated rings. The summed E-state index contributed by atoms with van der Waals surface area (Å²) in [6.07, 6.45) is 0. The molecule has 0 saturated heterocycles. The molecule has 0 saturated carbocycles. The van der Waals surface area contributed by atoms with Gasteiger partial charge in [0.2, 0.25) is 0 Å². The number of carbonyl (C=O) groups is 1. The summed E-state index contributed by atoms with van der Waals surface area (Å²) in [7, 11) is 0. The van der Waals surface area contributed by atoms with Crippen LogP contribution in [0.5, 0.6) is 0 Å². The Hall–Kier alpha value is -1.33. The lowest BCUT2D eigenvalue weighted by Gasteiger charge is -2.08. The van der Waals surface area contributed by atoms with E-state index in [9.17, 15) is 4.79 Å². The monoisotopic (exact) mass is 310 g/mol. The summed E-state index contributed by atoms with van der Waals surface area (Å²) in [5.41, 5.74) is 0.760. The van der Waals surface area contributed by atoms with E-state index < -0.39 is 0 Å². The number of nitrogens with one attached hydrogen (secondary N) is 2. The molecule has 0 radical (unpaired) electrons. The van der Waals surface area contributed by atoms with Crippen molar-refractivity contribution >= 4 is 39.0 Å². The molecule has 0 aliphatic carbocycles. The van der Waals surface area contributed by atoms with E-state index in [2.05, 4.69) is 26.6 Å². The number of anilines is 1. The maximum Gasteiger partial charge on any atom is 0.319 e. The molecule has 1 heterocycles. The van der Waals surface area contributed by atoms with Crippen LogP contribution >= 0.6 is 27.3 Å². The molecule has 0 spiro atoms. The van der Waals surface area contributed by atoms with Gasteiger partial charge in [-0.3, -0.25) is 0 Å². The topological polar surface area (TPSA) is 41.1 Å². The Morgan fingerprint density at radius 2 is 2.06 bits per heavy atom. The molecule has 88 valence electrons. The first kappa shape index (κ1) is 12.1. The Labute approximate surface area is 112 Å². The molecular weight excluding hydrogens is 300 g/mol. The lowest BCUT2D eigenvalue weighted by atomic mass is 10.3. The minimum absolute atomic E-state index is 0.203. The summed E-state index contributed by atoms with van der Waals surface area (Å²) in [5.74, 6) is 0. The van der Waals surface area contributed by atoms with Gasteiger partial charge in [-0.2, -0.15) is 0 Å². The van der Waals surface area contributed by atoms with Crippen molar-refractivity contribution in [3.05, 3.63) is 51.1 Å². The molecule has 5 heteroatoms. The predicted molar refractivity (Wildman–Crippen MR) is 74.3 cm³/mol. The number of carbonyl (C=O) groups excluding carboxylic acids is 1. The molecule has 17 heavy (non-hydrogen) atoms. The van der Waals surface area contributed by atoms with Crippen LogP contribution in [0, 0.1) is 0 Å². The van der Waals surface area contributed by atoms with Gasteiger partial charge >= 0.3 is 6.03 Å². The first-order valence-electron chi connectivity index (χ1n) is 5.07. The van der Waals surface area contributed by atoms with Gasteiger partial charge in [-0.25, -0.2) is 4.79 Å². The number of rotatable bonds is 3. The molecule has 0 atom stereocenters. The van der Waals surface area contributed by atoms with Crippen LogP contribution in [0.3, 0.4) is 0 Å². The molecule has 2 aromatic rings. The molecule has 2 N–H and O–H groups in total. The van der Waals surface area contributed by atoms with Gasteiger partial charge < -0.3 is 10.6 Å². The van der Waals surface area contributed by atoms with Gasteiger partial charge in [0, 0.05) is 9.35 Å². The molecule has 0 unspecified atom stereocenters. The van der Waals surface area contributed by atoms with Crippen LogP contribution in [0.4, 0.5) is 10.5 Å². The maximum atomic E-state index is 11.6. The van der Waals surface area contributed by atoms with E-state index in [0.29, 0.717) is 6.54 Å². The van der Waals surface area contributed by atoms with Gasteiger partial charge in [0.05, 0.1) is 12.2 Å². The first-order valence-corrected chi connectivity index (χ1v) is 6.75. The minimum atomic E-state index is -0.203. The quantitative estimate of drug-likeness (QED) is 0.888. The fourth-order valence-electron chi connectivity index (χ4n) is 1.31. The zero-order valence-electron chi connectivity index (χ0n) is 8.94. The summed E-state index contributed by atoms with van der Waals surface area (Å²) in [4.78, 5) is 12.8. The van der Waals surface area contributed by atoms with Crippen molar-refractivity contribution in [3.8, 4) is 0 Å². The van der Waals surface area contributed by atoms with Crippen LogP contribution in [-0.4, -0.2) is 6.03 Å². The second-order valence-electron chi connectivity index (χ2n) is 3.37. The largest absolute Gasteiger partial charge is 0.333 e. The molecule has 1 aromatic carbocycles. The SMILES string of the molecule is O=C(NCc1cccs1)Nc1ccccc1Br. The smallest absolute Gasteiger partial charge is 0.319 e. The summed E-state index contributed by atoms with van der Waals surface area (Å²) in [5, 5.41) is 7.57. The van der Waals surface area contributed by atoms with Crippen LogP contribution < -0.4 is 10.6 Å². The number of hydrogen-bond donors (Lipinski definition) is 2. The number of thiophene rings is 1. The number of para-hydroxylation sites is 1. The van der Waals surface area contributed by atoms with Gasteiger partial charge in [0.1, 0.15) is 0 Å². The van der Waals surface area contributed by atoms with Crippen molar-refractivity contribution in [2.75, 3.05) is 5.32 Å². The van der Waals surface area contributed by atoms with Crippen molar-refractivity contribution in [3.63, 3.8) is 0 Å². The van der Waals surface area contributed by atoms with Crippen molar-refractivity contribution in [2.45, 2.75) is 6.54 Å². The Kier molecular flexibility index (Phi) is 4.17. The highest BCUT2D eigenvalue weighted by molar-refractivity contribution is 9.10. The summed E-state index contributed by atoms with van der Waals surface area (Å²) in [6, 6.07) is 11.3. The van der Waals surface area contributed by atoms with Crippen LogP contribution in [0.15, 0.2) is 46.3 Å². The third-order valence-electron chi connectivity index (χ3n) is 2.13. The minimum Gasteiger partial charge on any atom is -0.333 e. The highest BCUT2D eigenvalue weighted by atomic mass is 79.9. The molecule has 0 aliphatic heterocycles. The Morgan fingerprint density at radius 3 is 2.76 bits per heavy atom. The molecule has 2 rings (SSSR count). The highest BCUT2D eigenvalue weighted by Crippen LogP contribution is 2.20. The predicted octanol–water partition coefficient (Wildman–Crippen LogP) is 3.83. The van der Waals surface area contributed by atoms with E-state index in [-0.39, 0.29) is 6.03 Å². The van der Waals surface area contributed by atoms with Crippen LogP contribution in [0.25, 0.3) is 0 Å². The third-order valence-corrected chi connectivity index (χ3v) is 3.69. The molecule has 0 bridgehead atoms. The lowest BCUT2D eigenvalue weighted by molar-refractivity contribution is 0.252. The van der Waals surface area contributed by atoms with E-state index in [1.54, 1.807) is 11.3 Å². The molecule has 2 amide bonds. The van der Waals surface area contributed by atoms with Crippen molar-refractivity contribution in [1.82, 2.24) is 5.32 Å². The van der Waals surface area contributed by atoms with Crippen molar-refractivity contribution in [1.29, 1.82) is 0 Å². The Balaban J connectivity index is 1.87. The number of amides is 2. The fraction of sp³-hybridized carbons (Fsp3) is 0.0833. The highest BCUT2D eigenvalue weighted by Gasteiger charge is 2.04. The summed E-state index contributed by atoms with van der Waals surface area (Å²) >= 11 is 5.00. The average molecular weight is 311 g/mol. The van der Waals surface area contributed by atoms with E-state index in [1.807, 2.05) is 41.8 Å². The molecular formula is C12H11BrN2OS. The zero-order chi connectivity index (χ0) is 12.1. The van der Waals surface area contributed by atoms with Crippen LogP contribution in [-0.2, 0) is 6.54 Å². The fourth-order valence-corrected chi connectivity index (χ4v) is 2.34. The normalized spacial score (nSPS) is 9.94. The standard InChI is InChI=1S/C12H11BrN2OS/c13-10-5-1-2-6-11(10)15-12(16)14-8-9-4-3-7-17-9/h1-7H,8H2,(H2,14,15,16). The lowest BCUT2D eigenvalue weighted by Crippen LogP contribution is -2.27. The van der Waals surface area contributed by atoms with Crippen molar-refractivity contribution in [2.24, 2.45) is 0 Å². The van der Waals surface area contributed by atoms with Gasteiger partial charge in [-0.1, -0.05) is 18.2 Å². The number of halogens is 1. The van der Waals surface area contributed by atoms with E-state index in [0.717, 1.165) is 15.0 Å². The van der Waals surface area contributed by atoms with Crippen LogP contribution in [0.1, 0.15) is 4.88 Å². The molecule has 3 nitrogen and oxygen atoms in total. The summed E-state index contributed by atoms with van der Waals surface area (Å²) < 4.78 is 0.867. The second-order valence-corrected chi connectivity index (χ2v) is 5.25. The van der Waals surface area contributed by atoms with E-state index >= 15 is 0 Å². The molecule has 1 aromatic heterocycles. The maximum absolute atomic E-state index is 11.6. The Bertz CT molecular complexity index is 499. The number of benzene rings is 1. The van der Waals surface area contributed by atoms with E-state index in [4.69, 9.17) is 0 Å². The first-order chi connectivity index (χ1) is 8.25. The van der Waals surface area contributed by atoms with Gasteiger partial charge in [-0.15, -0.1) is 11.3 Å². The third kappa shape index (κ3) is 3.57. The van der Waals surface area contributed by atoms with Crippen LogP contribution in [0.2, 0.25) is 0 Å².